The summed E-state index contributed by atoms with van der Waals surface area (Å²) in [5, 5.41) is 12.0. The van der Waals surface area contributed by atoms with Crippen LogP contribution in [0.1, 0.15) is 15.9 Å². The number of benzene rings is 1. The van der Waals surface area contributed by atoms with Crippen molar-refractivity contribution in [2.45, 2.75) is 11.8 Å². The Hall–Kier alpha value is -1.60. The number of hydrogen-bond donors (Lipinski definition) is 2. The van der Waals surface area contributed by atoms with Crippen molar-refractivity contribution in [3.63, 3.8) is 0 Å². The van der Waals surface area contributed by atoms with Crippen molar-refractivity contribution in [1.29, 1.82) is 0 Å². The maximum atomic E-state index is 11.7. The third kappa shape index (κ3) is 3.68. The van der Waals surface area contributed by atoms with Gasteiger partial charge in [0, 0.05) is 19.9 Å². The summed E-state index contributed by atoms with van der Waals surface area (Å²) in [4.78, 5) is 11.2. The average molecular weight is 287 g/mol. The normalized spacial score (nSPS) is 11.3. The summed E-state index contributed by atoms with van der Waals surface area (Å²) < 4.78 is 28.3. The number of ether oxygens (including phenoxy) is 1. The molecule has 0 aliphatic heterocycles. The Morgan fingerprint density at radius 1 is 1.42 bits per heavy atom. The Balaban J connectivity index is 3.34. The Labute approximate surface area is 112 Å². The number of carboxylic acid groups (broad SMARTS) is 1. The molecule has 0 atom stereocenters. The number of nitrogens with one attached hydrogen (secondary N) is 1. The van der Waals surface area contributed by atoms with Gasteiger partial charge in [-0.1, -0.05) is 0 Å². The fourth-order valence-electron chi connectivity index (χ4n) is 1.73. The molecule has 0 aliphatic carbocycles. The van der Waals surface area contributed by atoms with Gasteiger partial charge in [0.25, 0.3) is 0 Å². The van der Waals surface area contributed by atoms with Crippen LogP contribution in [0.3, 0.4) is 0 Å². The van der Waals surface area contributed by atoms with E-state index in [-0.39, 0.29) is 10.5 Å². The molecular formula is C12H17NO5S. The summed E-state index contributed by atoms with van der Waals surface area (Å²) >= 11 is 0. The van der Waals surface area contributed by atoms with Gasteiger partial charge in [0.1, 0.15) is 0 Å². The van der Waals surface area contributed by atoms with Crippen LogP contribution in [0.25, 0.3) is 0 Å². The van der Waals surface area contributed by atoms with E-state index in [1.54, 1.807) is 6.92 Å². The van der Waals surface area contributed by atoms with E-state index in [4.69, 9.17) is 9.84 Å². The molecule has 1 aromatic rings. The van der Waals surface area contributed by atoms with E-state index in [0.29, 0.717) is 24.4 Å². The monoisotopic (exact) mass is 287 g/mol. The molecule has 0 heterocycles. The number of hydrogen-bond acceptors (Lipinski definition) is 5. The minimum absolute atomic E-state index is 0.0762. The van der Waals surface area contributed by atoms with Gasteiger partial charge in [0.05, 0.1) is 22.8 Å². The van der Waals surface area contributed by atoms with Gasteiger partial charge in [0.2, 0.25) is 0 Å². The van der Waals surface area contributed by atoms with E-state index in [2.05, 4.69) is 5.32 Å². The van der Waals surface area contributed by atoms with Crippen LogP contribution in [0.4, 0.5) is 5.69 Å². The Morgan fingerprint density at radius 2 is 2.05 bits per heavy atom. The van der Waals surface area contributed by atoms with Gasteiger partial charge in [-0.05, 0) is 24.6 Å². The first-order valence-electron chi connectivity index (χ1n) is 5.58. The van der Waals surface area contributed by atoms with Crippen LogP contribution in [0.15, 0.2) is 17.0 Å². The molecule has 106 valence electrons. The summed E-state index contributed by atoms with van der Waals surface area (Å²) in [5.74, 6) is -1.09. The number of methoxy groups -OCH3 is 1. The van der Waals surface area contributed by atoms with Crippen molar-refractivity contribution < 1.29 is 23.1 Å². The molecule has 1 aromatic carbocycles. The highest BCUT2D eigenvalue weighted by Gasteiger charge is 2.19. The minimum Gasteiger partial charge on any atom is -0.478 e. The smallest absolute Gasteiger partial charge is 0.336 e. The maximum Gasteiger partial charge on any atom is 0.336 e. The van der Waals surface area contributed by atoms with Crippen molar-refractivity contribution >= 4 is 21.5 Å². The molecule has 0 amide bonds. The lowest BCUT2D eigenvalue weighted by Crippen LogP contribution is -2.14. The van der Waals surface area contributed by atoms with Gasteiger partial charge in [-0.3, -0.25) is 0 Å². The first-order valence-corrected chi connectivity index (χ1v) is 7.48. The highest BCUT2D eigenvalue weighted by atomic mass is 32.2. The molecule has 0 radical (unpaired) electrons. The fourth-order valence-corrected chi connectivity index (χ4v) is 2.64. The van der Waals surface area contributed by atoms with Crippen LogP contribution >= 0.6 is 0 Å². The molecule has 19 heavy (non-hydrogen) atoms. The molecule has 2 N–H and O–H groups in total. The molecule has 0 fully saturated rings. The largest absolute Gasteiger partial charge is 0.478 e. The van der Waals surface area contributed by atoms with Crippen LogP contribution in [0.5, 0.6) is 0 Å². The molecule has 6 nitrogen and oxygen atoms in total. The second kappa shape index (κ2) is 6.03. The van der Waals surface area contributed by atoms with Crippen molar-refractivity contribution in [2.24, 2.45) is 0 Å². The second-order valence-electron chi connectivity index (χ2n) is 4.11. The van der Waals surface area contributed by atoms with E-state index in [9.17, 15) is 13.2 Å². The second-order valence-corrected chi connectivity index (χ2v) is 6.09. The molecule has 0 unspecified atom stereocenters. The molecular weight excluding hydrogens is 270 g/mol. The van der Waals surface area contributed by atoms with Gasteiger partial charge in [-0.25, -0.2) is 13.2 Å². The molecule has 1 rings (SSSR count). The van der Waals surface area contributed by atoms with Gasteiger partial charge in [-0.15, -0.1) is 0 Å². The fraction of sp³-hybridized carbons (Fsp3) is 0.417. The van der Waals surface area contributed by atoms with Gasteiger partial charge < -0.3 is 15.2 Å². The first kappa shape index (κ1) is 15.5. The van der Waals surface area contributed by atoms with Crippen molar-refractivity contribution in [3.8, 4) is 0 Å². The standard InChI is InChI=1S/C12H17NO5S/c1-8-9(12(14)15)4-5-10(19(3,16)17)11(8)13-6-7-18-2/h4-5,13H,6-7H2,1-3H3,(H,14,15). The number of rotatable bonds is 6. The minimum atomic E-state index is -3.43. The molecule has 7 heteroatoms. The zero-order valence-electron chi connectivity index (χ0n) is 11.1. The van der Waals surface area contributed by atoms with E-state index >= 15 is 0 Å². The Kier molecular flexibility index (Phi) is 4.90. The van der Waals surface area contributed by atoms with Crippen molar-refractivity contribution in [2.75, 3.05) is 31.8 Å². The molecule has 0 saturated heterocycles. The molecule has 0 spiro atoms. The lowest BCUT2D eigenvalue weighted by atomic mass is 10.1. The van der Waals surface area contributed by atoms with E-state index in [0.717, 1.165) is 6.26 Å². The van der Waals surface area contributed by atoms with Crippen LogP contribution in [-0.4, -0.2) is 46.0 Å². The van der Waals surface area contributed by atoms with Crippen molar-refractivity contribution in [3.05, 3.63) is 23.3 Å². The van der Waals surface area contributed by atoms with Gasteiger partial charge in [-0.2, -0.15) is 0 Å². The van der Waals surface area contributed by atoms with Gasteiger partial charge in [0.15, 0.2) is 9.84 Å². The zero-order chi connectivity index (χ0) is 14.6. The van der Waals surface area contributed by atoms with Crippen LogP contribution in [-0.2, 0) is 14.6 Å². The Bertz CT molecular complexity index is 580. The average Bonchev–Trinajstić information content (AvgIpc) is 2.29. The number of carboxylic acids is 1. The summed E-state index contributed by atoms with van der Waals surface area (Å²) in [6.45, 7) is 2.36. The van der Waals surface area contributed by atoms with E-state index in [1.807, 2.05) is 0 Å². The predicted molar refractivity (Wildman–Crippen MR) is 71.6 cm³/mol. The topological polar surface area (TPSA) is 92.7 Å². The van der Waals surface area contributed by atoms with Crippen LogP contribution in [0.2, 0.25) is 0 Å². The summed E-state index contributed by atoms with van der Waals surface area (Å²) in [5.41, 5.74) is 0.790. The SMILES string of the molecule is COCCNc1c(S(C)(=O)=O)ccc(C(=O)O)c1C. The molecule has 0 aromatic heterocycles. The number of anilines is 1. The number of carbonyl (C=O) groups is 1. The van der Waals surface area contributed by atoms with Crippen LogP contribution in [0, 0.1) is 6.92 Å². The van der Waals surface area contributed by atoms with Crippen molar-refractivity contribution in [1.82, 2.24) is 0 Å². The maximum absolute atomic E-state index is 11.7. The van der Waals surface area contributed by atoms with Gasteiger partial charge >= 0.3 is 5.97 Å². The highest BCUT2D eigenvalue weighted by Crippen LogP contribution is 2.28. The van der Waals surface area contributed by atoms with Crippen LogP contribution < -0.4 is 5.32 Å². The quantitative estimate of drug-likeness (QED) is 0.763. The summed E-state index contributed by atoms with van der Waals surface area (Å²) in [6.07, 6.45) is 1.09. The lowest BCUT2D eigenvalue weighted by Gasteiger charge is -2.15. The number of sulfone groups is 1. The molecule has 0 saturated carbocycles. The number of aromatic carboxylic acids is 1. The van der Waals surface area contributed by atoms with E-state index < -0.39 is 15.8 Å². The highest BCUT2D eigenvalue weighted by molar-refractivity contribution is 7.90. The third-order valence-electron chi connectivity index (χ3n) is 2.66. The van der Waals surface area contributed by atoms with E-state index in [1.165, 1.54) is 19.2 Å². The summed E-state index contributed by atoms with van der Waals surface area (Å²) in [6, 6.07) is 2.61. The first-order chi connectivity index (χ1) is 8.79. The molecule has 0 aliphatic rings. The molecule has 0 bridgehead atoms. The zero-order valence-corrected chi connectivity index (χ0v) is 11.9. The summed E-state index contributed by atoms with van der Waals surface area (Å²) in [7, 11) is -1.90. The predicted octanol–water partition coefficient (Wildman–Crippen LogP) is 1.16. The lowest BCUT2D eigenvalue weighted by molar-refractivity contribution is 0.0696. The third-order valence-corrected chi connectivity index (χ3v) is 3.80. The Morgan fingerprint density at radius 3 is 2.53 bits per heavy atom.